The van der Waals surface area contributed by atoms with E-state index in [9.17, 15) is 9.90 Å². The average molecular weight is 305 g/mol. The number of carboxylic acids is 1. The number of aromatic nitrogens is 1. The van der Waals surface area contributed by atoms with Crippen molar-refractivity contribution in [1.82, 2.24) is 10.3 Å². The van der Waals surface area contributed by atoms with E-state index in [0.29, 0.717) is 25.4 Å². The molecule has 0 spiro atoms. The van der Waals surface area contributed by atoms with Gasteiger partial charge in [-0.05, 0) is 37.8 Å². The highest BCUT2D eigenvalue weighted by molar-refractivity contribution is 5.74. The first-order valence-corrected chi connectivity index (χ1v) is 8.23. The van der Waals surface area contributed by atoms with Gasteiger partial charge in [0.25, 0.3) is 0 Å². The molecule has 0 radical (unpaired) electrons. The van der Waals surface area contributed by atoms with Gasteiger partial charge in [0.05, 0.1) is 5.41 Å². The molecule has 0 bridgehead atoms. The van der Waals surface area contributed by atoms with Crippen LogP contribution in [0.1, 0.15) is 39.5 Å². The minimum Gasteiger partial charge on any atom is -0.481 e. The summed E-state index contributed by atoms with van der Waals surface area (Å²) < 4.78 is 0. The fourth-order valence-corrected chi connectivity index (χ4v) is 3.11. The van der Waals surface area contributed by atoms with Crippen LogP contribution in [-0.2, 0) is 4.79 Å². The van der Waals surface area contributed by atoms with Crippen molar-refractivity contribution in [3.63, 3.8) is 0 Å². The first kappa shape index (κ1) is 16.7. The van der Waals surface area contributed by atoms with Crippen molar-refractivity contribution in [3.8, 4) is 0 Å². The number of piperidine rings is 1. The number of nitrogens with one attached hydrogen (secondary N) is 1. The summed E-state index contributed by atoms with van der Waals surface area (Å²) in [5.74, 6) is -0.681. The minimum absolute atomic E-state index is 0.412. The number of carbonyl (C=O) groups is 1. The molecule has 5 nitrogen and oxygen atoms in total. The third-order valence-corrected chi connectivity index (χ3v) is 5.06. The van der Waals surface area contributed by atoms with Crippen LogP contribution in [-0.4, -0.2) is 41.7 Å². The molecule has 0 aliphatic carbocycles. The summed E-state index contributed by atoms with van der Waals surface area (Å²) in [7, 11) is 0. The van der Waals surface area contributed by atoms with Gasteiger partial charge >= 0.3 is 5.97 Å². The van der Waals surface area contributed by atoms with Crippen LogP contribution in [0.15, 0.2) is 24.5 Å². The fraction of sp³-hybridized carbons (Fsp3) is 0.647. The van der Waals surface area contributed by atoms with Crippen LogP contribution in [0.25, 0.3) is 0 Å². The maximum atomic E-state index is 11.5. The quantitative estimate of drug-likeness (QED) is 0.810. The molecule has 2 rings (SSSR count). The molecule has 1 aliphatic heterocycles. The van der Waals surface area contributed by atoms with Gasteiger partial charge in [0.2, 0.25) is 0 Å². The zero-order valence-corrected chi connectivity index (χ0v) is 13.6. The predicted molar refractivity (Wildman–Crippen MR) is 88.1 cm³/mol. The highest BCUT2D eigenvalue weighted by Crippen LogP contribution is 2.27. The number of hydrogen-bond acceptors (Lipinski definition) is 4. The molecule has 1 aromatic heterocycles. The van der Waals surface area contributed by atoms with Crippen molar-refractivity contribution in [2.45, 2.75) is 45.6 Å². The summed E-state index contributed by atoms with van der Waals surface area (Å²) in [5.41, 5.74) is 0.595. The van der Waals surface area contributed by atoms with Gasteiger partial charge in [-0.15, -0.1) is 0 Å². The number of anilines is 1. The third-order valence-electron chi connectivity index (χ3n) is 5.06. The number of carboxylic acid groups (broad SMARTS) is 1. The van der Waals surface area contributed by atoms with E-state index in [1.54, 1.807) is 0 Å². The normalized spacial score (nSPS) is 16.7. The summed E-state index contributed by atoms with van der Waals surface area (Å²) in [5, 5.41) is 13.0. The summed E-state index contributed by atoms with van der Waals surface area (Å²) in [6.45, 7) is 6.49. The molecular formula is C17H27N3O2. The Morgan fingerprint density at radius 2 is 1.91 bits per heavy atom. The second-order valence-electron chi connectivity index (χ2n) is 6.14. The molecule has 2 heterocycles. The van der Waals surface area contributed by atoms with Crippen molar-refractivity contribution in [2.75, 3.05) is 24.5 Å². The lowest BCUT2D eigenvalue weighted by atomic mass is 9.82. The zero-order valence-electron chi connectivity index (χ0n) is 13.6. The van der Waals surface area contributed by atoms with Crippen LogP contribution < -0.4 is 10.2 Å². The second-order valence-corrected chi connectivity index (χ2v) is 6.14. The second kappa shape index (κ2) is 7.58. The van der Waals surface area contributed by atoms with Gasteiger partial charge in [0.15, 0.2) is 0 Å². The summed E-state index contributed by atoms with van der Waals surface area (Å²) in [6.07, 6.45) is 7.08. The molecule has 2 N–H and O–H groups in total. The van der Waals surface area contributed by atoms with Gasteiger partial charge in [-0.3, -0.25) is 9.78 Å². The van der Waals surface area contributed by atoms with E-state index in [1.165, 1.54) is 5.69 Å². The number of pyridine rings is 1. The van der Waals surface area contributed by atoms with Crippen molar-refractivity contribution in [1.29, 1.82) is 0 Å². The van der Waals surface area contributed by atoms with E-state index < -0.39 is 11.4 Å². The molecule has 0 saturated carbocycles. The van der Waals surface area contributed by atoms with E-state index >= 15 is 0 Å². The van der Waals surface area contributed by atoms with Crippen LogP contribution in [0.5, 0.6) is 0 Å². The summed E-state index contributed by atoms with van der Waals surface area (Å²) >= 11 is 0. The molecule has 0 unspecified atom stereocenters. The molecule has 1 aliphatic rings. The number of hydrogen-bond donors (Lipinski definition) is 2. The molecular weight excluding hydrogens is 278 g/mol. The van der Waals surface area contributed by atoms with Crippen LogP contribution >= 0.6 is 0 Å². The lowest BCUT2D eigenvalue weighted by Crippen LogP contribution is -2.48. The van der Waals surface area contributed by atoms with E-state index in [1.807, 2.05) is 38.4 Å². The molecule has 0 amide bonds. The SMILES string of the molecule is CCC(CC)(CNC1CCN(c2ccncc2)CC1)C(=O)O. The first-order valence-electron chi connectivity index (χ1n) is 8.23. The monoisotopic (exact) mass is 305 g/mol. The Hall–Kier alpha value is -1.62. The lowest BCUT2D eigenvalue weighted by molar-refractivity contribution is -0.149. The third kappa shape index (κ3) is 3.77. The highest BCUT2D eigenvalue weighted by atomic mass is 16.4. The van der Waals surface area contributed by atoms with Crippen LogP contribution in [0.4, 0.5) is 5.69 Å². The standard InChI is InChI=1S/C17H27N3O2/c1-3-17(4-2,16(21)22)13-19-14-7-11-20(12-8-14)15-5-9-18-10-6-15/h5-6,9-10,14,19H,3-4,7-8,11-13H2,1-2H3,(H,21,22). The Morgan fingerprint density at radius 1 is 1.32 bits per heavy atom. The van der Waals surface area contributed by atoms with Gasteiger partial charge in [0.1, 0.15) is 0 Å². The lowest BCUT2D eigenvalue weighted by Gasteiger charge is -2.36. The molecule has 1 fully saturated rings. The molecule has 22 heavy (non-hydrogen) atoms. The smallest absolute Gasteiger partial charge is 0.310 e. The largest absolute Gasteiger partial charge is 0.481 e. The maximum absolute atomic E-state index is 11.5. The van der Waals surface area contributed by atoms with Crippen LogP contribution in [0.3, 0.4) is 0 Å². The zero-order chi connectivity index (χ0) is 16.0. The fourth-order valence-electron chi connectivity index (χ4n) is 3.11. The molecule has 0 atom stereocenters. The van der Waals surface area contributed by atoms with Gasteiger partial charge in [-0.25, -0.2) is 0 Å². The Morgan fingerprint density at radius 3 is 2.41 bits per heavy atom. The number of rotatable bonds is 7. The highest BCUT2D eigenvalue weighted by Gasteiger charge is 2.35. The van der Waals surface area contributed by atoms with Crippen molar-refractivity contribution >= 4 is 11.7 Å². The predicted octanol–water partition coefficient (Wildman–Crippen LogP) is 2.53. The maximum Gasteiger partial charge on any atom is 0.310 e. The minimum atomic E-state index is -0.681. The first-order chi connectivity index (χ1) is 10.6. The Labute approximate surface area is 132 Å². The van der Waals surface area contributed by atoms with E-state index in [-0.39, 0.29) is 0 Å². The van der Waals surface area contributed by atoms with Crippen molar-refractivity contribution in [2.24, 2.45) is 5.41 Å². The molecule has 1 aromatic rings. The molecule has 1 saturated heterocycles. The van der Waals surface area contributed by atoms with Gasteiger partial charge < -0.3 is 15.3 Å². The van der Waals surface area contributed by atoms with Gasteiger partial charge in [-0.2, -0.15) is 0 Å². The Balaban J connectivity index is 1.84. The summed E-state index contributed by atoms with van der Waals surface area (Å²) in [4.78, 5) is 18.0. The van der Waals surface area contributed by atoms with E-state index in [4.69, 9.17) is 0 Å². The van der Waals surface area contributed by atoms with E-state index in [0.717, 1.165) is 25.9 Å². The summed E-state index contributed by atoms with van der Waals surface area (Å²) in [6, 6.07) is 4.49. The Kier molecular flexibility index (Phi) is 5.77. The molecule has 5 heteroatoms. The number of nitrogens with zero attached hydrogens (tertiary/aromatic N) is 2. The van der Waals surface area contributed by atoms with Crippen molar-refractivity contribution in [3.05, 3.63) is 24.5 Å². The van der Waals surface area contributed by atoms with E-state index in [2.05, 4.69) is 15.2 Å². The Bertz CT molecular complexity index is 466. The number of aliphatic carboxylic acids is 1. The van der Waals surface area contributed by atoms with Gasteiger partial charge in [0, 0.05) is 43.8 Å². The van der Waals surface area contributed by atoms with Crippen LogP contribution in [0, 0.1) is 5.41 Å². The van der Waals surface area contributed by atoms with Crippen LogP contribution in [0.2, 0.25) is 0 Å². The van der Waals surface area contributed by atoms with Gasteiger partial charge in [-0.1, -0.05) is 13.8 Å². The average Bonchev–Trinajstić information content (AvgIpc) is 2.57. The van der Waals surface area contributed by atoms with Crippen molar-refractivity contribution < 1.29 is 9.90 Å². The molecule has 0 aromatic carbocycles. The topological polar surface area (TPSA) is 65.5 Å². The molecule has 122 valence electrons.